The van der Waals surface area contributed by atoms with Gasteiger partial charge >= 0.3 is 0 Å². The van der Waals surface area contributed by atoms with Crippen molar-refractivity contribution in [1.82, 2.24) is 20.3 Å². The van der Waals surface area contributed by atoms with E-state index in [4.69, 9.17) is 11.6 Å². The summed E-state index contributed by atoms with van der Waals surface area (Å²) in [5.74, 6) is -1.49. The van der Waals surface area contributed by atoms with Crippen LogP contribution in [0.1, 0.15) is 58.7 Å². The number of hydrogen-bond donors (Lipinski definition) is 2. The fourth-order valence-corrected chi connectivity index (χ4v) is 5.38. The van der Waals surface area contributed by atoms with E-state index < -0.39 is 11.6 Å². The van der Waals surface area contributed by atoms with Gasteiger partial charge in [-0.05, 0) is 78.5 Å². The highest BCUT2D eigenvalue weighted by molar-refractivity contribution is 6.30. The van der Waals surface area contributed by atoms with Crippen LogP contribution in [0.2, 0.25) is 5.02 Å². The van der Waals surface area contributed by atoms with Crippen LogP contribution in [0, 0.1) is 23.4 Å². The quantitative estimate of drug-likeness (QED) is 0.470. The van der Waals surface area contributed by atoms with E-state index in [1.54, 1.807) is 18.2 Å². The lowest BCUT2D eigenvalue weighted by Gasteiger charge is -2.38. The average molecular weight is 522 g/mol. The van der Waals surface area contributed by atoms with Gasteiger partial charge in [-0.25, -0.2) is 23.6 Å². The number of hydrogen-bond acceptors (Lipinski definition) is 5. The molecular formula is C27H35ClF3N5. The zero-order valence-electron chi connectivity index (χ0n) is 21.5. The maximum absolute atomic E-state index is 14.7. The van der Waals surface area contributed by atoms with Crippen molar-refractivity contribution < 1.29 is 13.2 Å². The second kappa shape index (κ2) is 10.6. The number of aromatic nitrogens is 1. The summed E-state index contributed by atoms with van der Waals surface area (Å²) < 4.78 is 43.6. The van der Waals surface area contributed by atoms with E-state index in [0.29, 0.717) is 18.5 Å². The molecule has 4 rings (SSSR count). The van der Waals surface area contributed by atoms with Gasteiger partial charge in [0.1, 0.15) is 17.8 Å². The van der Waals surface area contributed by atoms with Crippen LogP contribution in [-0.2, 0) is 13.0 Å². The maximum atomic E-state index is 14.7. The first-order chi connectivity index (χ1) is 16.9. The van der Waals surface area contributed by atoms with Crippen molar-refractivity contribution in [3.8, 4) is 0 Å². The van der Waals surface area contributed by atoms with Crippen LogP contribution in [0.4, 0.5) is 19.0 Å². The standard InChI is InChI=1S/C27H35ClF3N5/c1-16-11-18(9-10-35(16)15-19-7-6-8-20(28)25(19)31)13-23-21(29)14-22(30)26(32-23)33-24-12-17(2)36(34-24)27(3,4)5/h6-8,12,14,16,18,24,34H,9-11,13,15H2,1-5H3,(H,32,33)/t16-,18?,24?/m1/s1. The first-order valence-electron chi connectivity index (χ1n) is 12.5. The summed E-state index contributed by atoms with van der Waals surface area (Å²) >= 11 is 5.93. The molecule has 0 aliphatic carbocycles. The first kappa shape index (κ1) is 26.8. The van der Waals surface area contributed by atoms with E-state index in [2.05, 4.69) is 48.3 Å². The van der Waals surface area contributed by atoms with Gasteiger partial charge in [-0.2, -0.15) is 0 Å². The molecule has 0 amide bonds. The summed E-state index contributed by atoms with van der Waals surface area (Å²) in [5.41, 5.74) is 5.00. The Bertz CT molecular complexity index is 1130. The molecule has 1 fully saturated rings. The molecule has 196 valence electrons. The van der Waals surface area contributed by atoms with Crippen molar-refractivity contribution in [2.75, 3.05) is 11.9 Å². The van der Waals surface area contributed by atoms with E-state index in [1.807, 2.05) is 18.0 Å². The number of likely N-dealkylation sites (tertiary alicyclic amines) is 1. The molecule has 2 N–H and O–H groups in total. The Labute approximate surface area is 216 Å². The topological polar surface area (TPSA) is 43.4 Å². The van der Waals surface area contributed by atoms with Gasteiger partial charge in [-0.1, -0.05) is 23.7 Å². The zero-order valence-corrected chi connectivity index (χ0v) is 22.3. The number of halogens is 4. The van der Waals surface area contributed by atoms with Gasteiger partial charge in [0.05, 0.1) is 10.7 Å². The Balaban J connectivity index is 1.40. The van der Waals surface area contributed by atoms with Crippen LogP contribution in [-0.4, -0.2) is 39.2 Å². The lowest BCUT2D eigenvalue weighted by atomic mass is 9.87. The third-order valence-corrected chi connectivity index (χ3v) is 7.30. The smallest absolute Gasteiger partial charge is 0.168 e. The van der Waals surface area contributed by atoms with Crippen LogP contribution in [0.15, 0.2) is 36.0 Å². The molecule has 5 nitrogen and oxygen atoms in total. The molecule has 3 heterocycles. The van der Waals surface area contributed by atoms with Crippen LogP contribution < -0.4 is 10.7 Å². The number of allylic oxidation sites excluding steroid dienone is 1. The number of anilines is 1. The SMILES string of the molecule is CC1=CC(Nc2nc(CC3CCN(Cc4cccc(Cl)c4F)[C@H](C)C3)c(F)cc2F)NN1C(C)(C)C. The first-order valence-corrected chi connectivity index (χ1v) is 12.8. The molecule has 36 heavy (non-hydrogen) atoms. The van der Waals surface area contributed by atoms with Crippen LogP contribution in [0.3, 0.4) is 0 Å². The predicted molar refractivity (Wildman–Crippen MR) is 138 cm³/mol. The molecule has 2 aromatic rings. The Morgan fingerprint density at radius 1 is 1.19 bits per heavy atom. The van der Waals surface area contributed by atoms with Crippen molar-refractivity contribution in [2.24, 2.45) is 5.92 Å². The molecule has 0 radical (unpaired) electrons. The van der Waals surface area contributed by atoms with E-state index >= 15 is 0 Å². The molecule has 1 saturated heterocycles. The van der Waals surface area contributed by atoms with Crippen molar-refractivity contribution in [2.45, 2.75) is 78.2 Å². The molecule has 2 unspecified atom stereocenters. The van der Waals surface area contributed by atoms with E-state index in [0.717, 1.165) is 31.1 Å². The summed E-state index contributed by atoms with van der Waals surface area (Å²) in [4.78, 5) is 6.56. The molecule has 1 aromatic heterocycles. The van der Waals surface area contributed by atoms with Crippen LogP contribution >= 0.6 is 11.6 Å². The minimum atomic E-state index is -0.718. The van der Waals surface area contributed by atoms with Crippen molar-refractivity contribution in [3.63, 3.8) is 0 Å². The fraction of sp³-hybridized carbons (Fsp3) is 0.519. The minimum Gasteiger partial charge on any atom is -0.347 e. The fourth-order valence-electron chi connectivity index (χ4n) is 5.19. The third-order valence-electron chi connectivity index (χ3n) is 7.00. The molecule has 9 heteroatoms. The van der Waals surface area contributed by atoms with Gasteiger partial charge in [-0.3, -0.25) is 4.90 Å². The highest BCUT2D eigenvalue weighted by Gasteiger charge is 2.31. The summed E-state index contributed by atoms with van der Waals surface area (Å²) in [5, 5.41) is 5.20. The van der Waals surface area contributed by atoms with Crippen LogP contribution in [0.5, 0.6) is 0 Å². The molecular weight excluding hydrogens is 487 g/mol. The molecule has 0 saturated carbocycles. The minimum absolute atomic E-state index is 0.0330. The second-order valence-corrected chi connectivity index (χ2v) is 11.3. The second-order valence-electron chi connectivity index (χ2n) is 10.9. The van der Waals surface area contributed by atoms with Gasteiger partial charge in [0.2, 0.25) is 0 Å². The average Bonchev–Trinajstić information content (AvgIpc) is 3.17. The molecule has 1 aromatic carbocycles. The number of pyridine rings is 1. The number of nitrogens with zero attached hydrogens (tertiary/aromatic N) is 3. The largest absolute Gasteiger partial charge is 0.347 e. The highest BCUT2D eigenvalue weighted by Crippen LogP contribution is 2.30. The Morgan fingerprint density at radius 2 is 1.94 bits per heavy atom. The van der Waals surface area contributed by atoms with Gasteiger partial charge in [0.15, 0.2) is 11.6 Å². The normalized spacial score (nSPS) is 23.2. The monoisotopic (exact) mass is 521 g/mol. The van der Waals surface area contributed by atoms with Crippen molar-refractivity contribution in [3.05, 3.63) is 69.8 Å². The molecule has 2 aliphatic heterocycles. The zero-order chi connectivity index (χ0) is 26.2. The summed E-state index contributed by atoms with van der Waals surface area (Å²) in [6.07, 6.45) is 3.66. The summed E-state index contributed by atoms with van der Waals surface area (Å²) in [7, 11) is 0. The maximum Gasteiger partial charge on any atom is 0.168 e. The van der Waals surface area contributed by atoms with E-state index in [-0.39, 0.29) is 46.0 Å². The summed E-state index contributed by atoms with van der Waals surface area (Å²) in [6.45, 7) is 11.5. The van der Waals surface area contributed by atoms with Gasteiger partial charge in [-0.15, -0.1) is 0 Å². The number of benzene rings is 1. The Morgan fingerprint density at radius 3 is 2.61 bits per heavy atom. The van der Waals surface area contributed by atoms with Gasteiger partial charge < -0.3 is 10.3 Å². The molecule has 3 atom stereocenters. The Hall–Kier alpha value is -2.29. The number of piperidine rings is 1. The lowest BCUT2D eigenvalue weighted by Crippen LogP contribution is -2.50. The number of rotatable bonds is 6. The van der Waals surface area contributed by atoms with Crippen LogP contribution in [0.25, 0.3) is 0 Å². The highest BCUT2D eigenvalue weighted by atomic mass is 35.5. The number of nitrogens with one attached hydrogen (secondary N) is 2. The Kier molecular flexibility index (Phi) is 7.88. The third kappa shape index (κ3) is 5.98. The molecule has 0 spiro atoms. The van der Waals surface area contributed by atoms with Gasteiger partial charge in [0.25, 0.3) is 0 Å². The van der Waals surface area contributed by atoms with Gasteiger partial charge in [0, 0.05) is 35.5 Å². The number of hydrazine groups is 1. The molecule has 0 bridgehead atoms. The lowest BCUT2D eigenvalue weighted by molar-refractivity contribution is 0.113. The van der Waals surface area contributed by atoms with E-state index in [9.17, 15) is 13.2 Å². The molecule has 2 aliphatic rings. The summed E-state index contributed by atoms with van der Waals surface area (Å²) in [6, 6.07) is 6.15. The van der Waals surface area contributed by atoms with E-state index in [1.165, 1.54) is 0 Å². The predicted octanol–water partition coefficient (Wildman–Crippen LogP) is 6.26. The van der Waals surface area contributed by atoms with Crippen molar-refractivity contribution in [1.29, 1.82) is 0 Å². The van der Waals surface area contributed by atoms with Crippen molar-refractivity contribution >= 4 is 17.4 Å².